The molecule has 19 heavy (non-hydrogen) atoms. The monoisotopic (exact) mass is 265 g/mol. The van der Waals surface area contributed by atoms with Crippen LogP contribution in [0.2, 0.25) is 0 Å². The average molecular weight is 265 g/mol. The van der Waals surface area contributed by atoms with Crippen LogP contribution in [0, 0.1) is 0 Å². The fourth-order valence-electron chi connectivity index (χ4n) is 2.00. The summed E-state index contributed by atoms with van der Waals surface area (Å²) in [6.45, 7) is 7.20. The number of unbranched alkanes of at least 4 members (excludes halogenated alkanes) is 1. The van der Waals surface area contributed by atoms with Gasteiger partial charge in [-0.25, -0.2) is 4.79 Å². The van der Waals surface area contributed by atoms with Crippen molar-refractivity contribution < 1.29 is 14.6 Å². The number of rotatable bonds is 8. The maximum atomic E-state index is 11.0. The summed E-state index contributed by atoms with van der Waals surface area (Å²) in [5.74, 6) is -0.529. The van der Waals surface area contributed by atoms with Crippen LogP contribution in [-0.4, -0.2) is 36.2 Å². The van der Waals surface area contributed by atoms with E-state index in [0.717, 1.165) is 25.2 Å². The third-order valence-electron chi connectivity index (χ3n) is 3.18. The third-order valence-corrected chi connectivity index (χ3v) is 3.18. The third kappa shape index (κ3) is 4.56. The molecule has 4 heteroatoms. The number of carboxylic acids is 1. The fourth-order valence-corrected chi connectivity index (χ4v) is 2.00. The van der Waals surface area contributed by atoms with Crippen LogP contribution in [0.5, 0.6) is 5.75 Å². The van der Waals surface area contributed by atoms with Crippen molar-refractivity contribution in [2.75, 3.05) is 20.2 Å². The first-order valence-corrected chi connectivity index (χ1v) is 6.74. The minimum absolute atomic E-state index is 0.211. The predicted octanol–water partition coefficient (Wildman–Crippen LogP) is 3.02. The summed E-state index contributed by atoms with van der Waals surface area (Å²) in [6, 6.07) is 5.29. The molecule has 0 spiro atoms. The summed E-state index contributed by atoms with van der Waals surface area (Å²) in [6.07, 6.45) is 2.36. The van der Waals surface area contributed by atoms with E-state index in [-0.39, 0.29) is 5.56 Å². The maximum Gasteiger partial charge on any atom is 0.339 e. The van der Waals surface area contributed by atoms with E-state index < -0.39 is 5.97 Å². The van der Waals surface area contributed by atoms with E-state index in [2.05, 4.69) is 18.7 Å². The van der Waals surface area contributed by atoms with Crippen LogP contribution in [0.15, 0.2) is 18.2 Å². The van der Waals surface area contributed by atoms with Gasteiger partial charge in [0.25, 0.3) is 0 Å². The molecule has 0 saturated heterocycles. The fraction of sp³-hybridized carbons (Fsp3) is 0.533. The molecule has 0 aliphatic rings. The number of methoxy groups -OCH3 is 1. The number of ether oxygens (including phenoxy) is 1. The van der Waals surface area contributed by atoms with Gasteiger partial charge in [0.05, 0.1) is 7.11 Å². The molecule has 0 fully saturated rings. The molecule has 0 bridgehead atoms. The van der Waals surface area contributed by atoms with E-state index in [1.165, 1.54) is 20.0 Å². The first-order chi connectivity index (χ1) is 9.12. The van der Waals surface area contributed by atoms with Gasteiger partial charge in [0, 0.05) is 6.54 Å². The second kappa shape index (κ2) is 7.79. The second-order valence-electron chi connectivity index (χ2n) is 4.56. The van der Waals surface area contributed by atoms with Crippen LogP contribution in [-0.2, 0) is 6.54 Å². The Morgan fingerprint density at radius 2 is 2.11 bits per heavy atom. The predicted molar refractivity (Wildman–Crippen MR) is 75.8 cm³/mol. The second-order valence-corrected chi connectivity index (χ2v) is 4.56. The standard InChI is InChI=1S/C15H23NO3/c1-4-6-9-16(5-2)11-12-7-8-13(15(17)18)14(10-12)19-3/h7-8,10H,4-6,9,11H2,1-3H3,(H,17,18). The van der Waals surface area contributed by atoms with Gasteiger partial charge in [0.2, 0.25) is 0 Å². The smallest absolute Gasteiger partial charge is 0.339 e. The molecule has 4 nitrogen and oxygen atoms in total. The van der Waals surface area contributed by atoms with Gasteiger partial charge >= 0.3 is 5.97 Å². The molecule has 1 aromatic rings. The quantitative estimate of drug-likeness (QED) is 0.785. The van der Waals surface area contributed by atoms with E-state index in [9.17, 15) is 4.79 Å². The van der Waals surface area contributed by atoms with Crippen molar-refractivity contribution in [1.82, 2.24) is 4.90 Å². The van der Waals surface area contributed by atoms with Crippen LogP contribution in [0.25, 0.3) is 0 Å². The van der Waals surface area contributed by atoms with Crippen molar-refractivity contribution in [2.45, 2.75) is 33.2 Å². The largest absolute Gasteiger partial charge is 0.496 e. The number of carbonyl (C=O) groups is 1. The molecular formula is C15H23NO3. The van der Waals surface area contributed by atoms with E-state index in [1.54, 1.807) is 6.07 Å². The lowest BCUT2D eigenvalue weighted by molar-refractivity contribution is 0.0693. The van der Waals surface area contributed by atoms with Gasteiger partial charge < -0.3 is 9.84 Å². The molecular weight excluding hydrogens is 242 g/mol. The molecule has 0 aliphatic heterocycles. The summed E-state index contributed by atoms with van der Waals surface area (Å²) in [5, 5.41) is 9.04. The summed E-state index contributed by atoms with van der Waals surface area (Å²) in [5.41, 5.74) is 1.29. The molecule has 0 unspecified atom stereocenters. The Morgan fingerprint density at radius 1 is 1.37 bits per heavy atom. The highest BCUT2D eigenvalue weighted by Crippen LogP contribution is 2.21. The maximum absolute atomic E-state index is 11.0. The van der Waals surface area contributed by atoms with Crippen molar-refractivity contribution in [3.05, 3.63) is 29.3 Å². The number of carboxylic acid groups (broad SMARTS) is 1. The molecule has 0 heterocycles. The van der Waals surface area contributed by atoms with Gasteiger partial charge in [-0.1, -0.05) is 26.3 Å². The topological polar surface area (TPSA) is 49.8 Å². The molecule has 1 aromatic carbocycles. The molecule has 0 aliphatic carbocycles. The van der Waals surface area contributed by atoms with Crippen LogP contribution >= 0.6 is 0 Å². The minimum Gasteiger partial charge on any atom is -0.496 e. The summed E-state index contributed by atoms with van der Waals surface area (Å²) in [7, 11) is 1.50. The van der Waals surface area contributed by atoms with Gasteiger partial charge in [-0.2, -0.15) is 0 Å². The number of benzene rings is 1. The Labute approximate surface area is 115 Å². The van der Waals surface area contributed by atoms with Crippen molar-refractivity contribution in [3.8, 4) is 5.75 Å². The Balaban J connectivity index is 2.81. The Bertz CT molecular complexity index is 418. The Hall–Kier alpha value is -1.55. The van der Waals surface area contributed by atoms with Gasteiger partial charge in [-0.05, 0) is 37.2 Å². The molecule has 0 amide bonds. The zero-order valence-corrected chi connectivity index (χ0v) is 12.0. The first-order valence-electron chi connectivity index (χ1n) is 6.74. The summed E-state index contributed by atoms with van der Waals surface area (Å²) in [4.78, 5) is 13.4. The van der Waals surface area contributed by atoms with Crippen LogP contribution in [0.1, 0.15) is 42.6 Å². The number of hydrogen-bond donors (Lipinski definition) is 1. The molecule has 1 N–H and O–H groups in total. The Morgan fingerprint density at radius 3 is 2.63 bits per heavy atom. The first kappa shape index (κ1) is 15.5. The molecule has 0 atom stereocenters. The van der Waals surface area contributed by atoms with Crippen molar-refractivity contribution >= 4 is 5.97 Å². The van der Waals surface area contributed by atoms with E-state index in [1.807, 2.05) is 12.1 Å². The summed E-state index contributed by atoms with van der Waals surface area (Å²) >= 11 is 0. The van der Waals surface area contributed by atoms with E-state index in [4.69, 9.17) is 9.84 Å². The SMILES string of the molecule is CCCCN(CC)Cc1ccc(C(=O)O)c(OC)c1. The van der Waals surface area contributed by atoms with Crippen LogP contribution < -0.4 is 4.74 Å². The number of hydrogen-bond acceptors (Lipinski definition) is 3. The summed E-state index contributed by atoms with van der Waals surface area (Å²) < 4.78 is 5.14. The molecule has 0 saturated carbocycles. The zero-order valence-electron chi connectivity index (χ0n) is 12.0. The number of nitrogens with zero attached hydrogens (tertiary/aromatic N) is 1. The molecule has 0 radical (unpaired) electrons. The number of aromatic carboxylic acids is 1. The van der Waals surface area contributed by atoms with Gasteiger partial charge in [-0.15, -0.1) is 0 Å². The normalized spacial score (nSPS) is 10.7. The lowest BCUT2D eigenvalue weighted by Crippen LogP contribution is -2.24. The van der Waals surface area contributed by atoms with E-state index >= 15 is 0 Å². The van der Waals surface area contributed by atoms with Gasteiger partial charge in [0.1, 0.15) is 11.3 Å². The van der Waals surface area contributed by atoms with E-state index in [0.29, 0.717) is 5.75 Å². The van der Waals surface area contributed by atoms with Crippen LogP contribution in [0.3, 0.4) is 0 Å². The zero-order chi connectivity index (χ0) is 14.3. The van der Waals surface area contributed by atoms with Gasteiger partial charge in [0.15, 0.2) is 0 Å². The lowest BCUT2D eigenvalue weighted by atomic mass is 10.1. The van der Waals surface area contributed by atoms with Crippen LogP contribution in [0.4, 0.5) is 0 Å². The molecule has 1 rings (SSSR count). The highest BCUT2D eigenvalue weighted by molar-refractivity contribution is 5.90. The van der Waals surface area contributed by atoms with Crippen molar-refractivity contribution in [3.63, 3.8) is 0 Å². The van der Waals surface area contributed by atoms with Crippen molar-refractivity contribution in [2.24, 2.45) is 0 Å². The highest BCUT2D eigenvalue weighted by Gasteiger charge is 2.12. The van der Waals surface area contributed by atoms with Crippen molar-refractivity contribution in [1.29, 1.82) is 0 Å². The molecule has 106 valence electrons. The lowest BCUT2D eigenvalue weighted by Gasteiger charge is -2.20. The Kier molecular flexibility index (Phi) is 6.36. The highest BCUT2D eigenvalue weighted by atomic mass is 16.5. The average Bonchev–Trinajstić information content (AvgIpc) is 2.42. The minimum atomic E-state index is -0.957. The van der Waals surface area contributed by atoms with Gasteiger partial charge in [-0.3, -0.25) is 4.90 Å². The molecule has 0 aromatic heterocycles.